The monoisotopic (exact) mass is 341 g/mol. The third-order valence-electron chi connectivity index (χ3n) is 3.60. The topological polar surface area (TPSA) is 75.1 Å². The molecule has 3 aromatic carbocycles. The summed E-state index contributed by atoms with van der Waals surface area (Å²) in [5.74, 6) is 0.428. The van der Waals surface area contributed by atoms with Crippen molar-refractivity contribution in [2.24, 2.45) is 15.3 Å². The first-order valence-electron chi connectivity index (χ1n) is 8.10. The second-order valence-corrected chi connectivity index (χ2v) is 5.44. The second-order valence-electron chi connectivity index (χ2n) is 5.44. The number of nitrogens with zero attached hydrogens (tertiary/aromatic N) is 4. The van der Waals surface area contributed by atoms with Gasteiger partial charge in [-0.3, -0.25) is 0 Å². The molecule has 0 radical (unpaired) electrons. The van der Waals surface area contributed by atoms with Crippen molar-refractivity contribution < 1.29 is 4.42 Å². The standard InChI is InChI=1S/C20H15N5O/c1-3-9-15(10-4-1)19(23-22-16-11-5-2-6-12-16)24-25-20-21-17-13-7-8-14-18(17)26-20/h1-14H,(H,21,25)/b23-22+,24-19+. The number of oxazole rings is 1. The van der Waals surface area contributed by atoms with Gasteiger partial charge in [-0.15, -0.1) is 15.3 Å². The van der Waals surface area contributed by atoms with Crippen LogP contribution in [0.4, 0.5) is 11.7 Å². The zero-order valence-corrected chi connectivity index (χ0v) is 13.8. The zero-order chi connectivity index (χ0) is 17.6. The van der Waals surface area contributed by atoms with E-state index in [-0.39, 0.29) is 0 Å². The van der Waals surface area contributed by atoms with Gasteiger partial charge >= 0.3 is 6.01 Å². The smallest absolute Gasteiger partial charge is 0.316 e. The lowest BCUT2D eigenvalue weighted by atomic mass is 10.2. The molecule has 6 heteroatoms. The van der Waals surface area contributed by atoms with Crippen molar-refractivity contribution in [1.82, 2.24) is 4.98 Å². The van der Waals surface area contributed by atoms with Gasteiger partial charge in [0.05, 0.1) is 5.69 Å². The van der Waals surface area contributed by atoms with Gasteiger partial charge in [-0.05, 0) is 24.3 Å². The van der Waals surface area contributed by atoms with Crippen molar-refractivity contribution in [2.45, 2.75) is 0 Å². The molecule has 0 fully saturated rings. The molecule has 4 aromatic rings. The highest BCUT2D eigenvalue weighted by Crippen LogP contribution is 2.18. The molecule has 0 unspecified atom stereocenters. The van der Waals surface area contributed by atoms with Crippen molar-refractivity contribution in [3.63, 3.8) is 0 Å². The van der Waals surface area contributed by atoms with Crippen LogP contribution in [0.25, 0.3) is 11.1 Å². The third kappa shape index (κ3) is 3.64. The molecule has 4 rings (SSSR count). The van der Waals surface area contributed by atoms with Crippen LogP contribution >= 0.6 is 0 Å². The fourth-order valence-corrected chi connectivity index (χ4v) is 2.35. The van der Waals surface area contributed by atoms with E-state index < -0.39 is 0 Å². The van der Waals surface area contributed by atoms with E-state index in [1.165, 1.54) is 0 Å². The van der Waals surface area contributed by atoms with Gasteiger partial charge in [0.1, 0.15) is 5.52 Å². The summed E-state index contributed by atoms with van der Waals surface area (Å²) < 4.78 is 5.62. The maximum absolute atomic E-state index is 5.62. The Hall–Kier alpha value is -3.80. The molecule has 0 aliphatic heterocycles. The van der Waals surface area contributed by atoms with Gasteiger partial charge in [0.25, 0.3) is 0 Å². The molecule has 0 bridgehead atoms. The number of amidine groups is 1. The average Bonchev–Trinajstić information content (AvgIpc) is 3.12. The van der Waals surface area contributed by atoms with E-state index in [1.807, 2.05) is 84.9 Å². The van der Waals surface area contributed by atoms with Crippen LogP contribution in [0.2, 0.25) is 0 Å². The number of aromatic nitrogens is 1. The summed E-state index contributed by atoms with van der Waals surface area (Å²) >= 11 is 0. The fourth-order valence-electron chi connectivity index (χ4n) is 2.35. The predicted molar refractivity (Wildman–Crippen MR) is 102 cm³/mol. The minimum absolute atomic E-state index is 0.301. The van der Waals surface area contributed by atoms with Gasteiger partial charge in [0.15, 0.2) is 5.58 Å². The maximum Gasteiger partial charge on any atom is 0.316 e. The van der Waals surface area contributed by atoms with E-state index in [9.17, 15) is 0 Å². The van der Waals surface area contributed by atoms with Crippen LogP contribution in [-0.2, 0) is 0 Å². The molecule has 26 heavy (non-hydrogen) atoms. The highest BCUT2D eigenvalue weighted by atomic mass is 16.4. The predicted octanol–water partition coefficient (Wildman–Crippen LogP) is 5.39. The van der Waals surface area contributed by atoms with Gasteiger partial charge in [0.2, 0.25) is 5.84 Å². The molecule has 0 aliphatic carbocycles. The number of nitrogens with one attached hydrogen (secondary N) is 1. The summed E-state index contributed by atoms with van der Waals surface area (Å²) in [7, 11) is 0. The maximum atomic E-state index is 5.62. The molecular weight excluding hydrogens is 326 g/mol. The number of azo groups is 1. The summed E-state index contributed by atoms with van der Waals surface area (Å²) in [5, 5.41) is 12.8. The van der Waals surface area contributed by atoms with Crippen molar-refractivity contribution >= 4 is 28.6 Å². The number of hydrogen-bond acceptors (Lipinski definition) is 5. The molecule has 0 saturated heterocycles. The second kappa shape index (κ2) is 7.40. The van der Waals surface area contributed by atoms with Crippen LogP contribution in [0.15, 0.2) is 105 Å². The molecule has 1 N–H and O–H groups in total. The van der Waals surface area contributed by atoms with Crippen LogP contribution in [0.5, 0.6) is 0 Å². The lowest BCUT2D eigenvalue weighted by Gasteiger charge is -2.00. The number of hydrogen-bond donors (Lipinski definition) is 1. The van der Waals surface area contributed by atoms with E-state index in [4.69, 9.17) is 4.42 Å². The van der Waals surface area contributed by atoms with Crippen molar-refractivity contribution in [1.29, 1.82) is 0 Å². The van der Waals surface area contributed by atoms with Crippen LogP contribution in [0, 0.1) is 0 Å². The fraction of sp³-hybridized carbons (Fsp3) is 0. The summed E-state index contributed by atoms with van der Waals surface area (Å²) in [4.78, 5) is 4.34. The highest BCUT2D eigenvalue weighted by Gasteiger charge is 2.06. The Morgan fingerprint density at radius 3 is 2.27 bits per heavy atom. The zero-order valence-electron chi connectivity index (χ0n) is 13.8. The minimum Gasteiger partial charge on any atom is -0.422 e. The summed E-state index contributed by atoms with van der Waals surface area (Å²) in [5.41, 5.74) is 5.86. The summed E-state index contributed by atoms with van der Waals surface area (Å²) in [6.45, 7) is 0. The minimum atomic E-state index is 0.301. The number of rotatable bonds is 4. The molecule has 0 amide bonds. The van der Waals surface area contributed by atoms with E-state index in [1.54, 1.807) is 0 Å². The summed E-state index contributed by atoms with van der Waals surface area (Å²) in [6, 6.07) is 26.9. The summed E-state index contributed by atoms with van der Waals surface area (Å²) in [6.07, 6.45) is 0. The van der Waals surface area contributed by atoms with Gasteiger partial charge in [-0.25, -0.2) is 5.43 Å². The van der Waals surface area contributed by atoms with Gasteiger partial charge in [-0.1, -0.05) is 60.7 Å². The Bertz CT molecular complexity index is 1020. The molecule has 1 heterocycles. The molecular formula is C20H15N5O. The molecule has 1 aromatic heterocycles. The Kier molecular flexibility index (Phi) is 4.47. The van der Waals surface area contributed by atoms with Crippen molar-refractivity contribution in [3.8, 4) is 0 Å². The molecule has 0 spiro atoms. The van der Waals surface area contributed by atoms with Crippen LogP contribution in [0.1, 0.15) is 5.56 Å². The third-order valence-corrected chi connectivity index (χ3v) is 3.60. The Balaban J connectivity index is 1.63. The SMILES string of the molecule is c1ccc(/N=N/C(=N/Nc2nc3ccccc3o2)c2ccccc2)cc1. The number of benzene rings is 3. The number of fused-ring (bicyclic) bond motifs is 1. The number of anilines is 1. The van der Waals surface area contributed by atoms with E-state index in [0.29, 0.717) is 17.4 Å². The normalized spacial score (nSPS) is 11.9. The largest absolute Gasteiger partial charge is 0.422 e. The highest BCUT2D eigenvalue weighted by molar-refractivity contribution is 5.99. The van der Waals surface area contributed by atoms with Crippen molar-refractivity contribution in [3.05, 3.63) is 90.5 Å². The lowest BCUT2D eigenvalue weighted by molar-refractivity contribution is 0.617. The van der Waals surface area contributed by atoms with Crippen LogP contribution in [-0.4, -0.2) is 10.8 Å². The molecule has 126 valence electrons. The van der Waals surface area contributed by atoms with E-state index in [0.717, 1.165) is 16.8 Å². The Labute approximate surface area is 149 Å². The first kappa shape index (κ1) is 15.7. The van der Waals surface area contributed by atoms with Gasteiger partial charge in [-0.2, -0.15) is 4.98 Å². The first-order chi connectivity index (χ1) is 12.9. The van der Waals surface area contributed by atoms with Crippen LogP contribution < -0.4 is 5.43 Å². The van der Waals surface area contributed by atoms with Crippen LogP contribution in [0.3, 0.4) is 0 Å². The van der Waals surface area contributed by atoms with E-state index in [2.05, 4.69) is 25.7 Å². The number of hydrazone groups is 1. The Morgan fingerprint density at radius 2 is 1.50 bits per heavy atom. The molecule has 0 atom stereocenters. The lowest BCUT2D eigenvalue weighted by Crippen LogP contribution is -2.01. The molecule has 0 aliphatic rings. The number of para-hydroxylation sites is 2. The first-order valence-corrected chi connectivity index (χ1v) is 8.10. The molecule has 6 nitrogen and oxygen atoms in total. The van der Waals surface area contributed by atoms with E-state index >= 15 is 0 Å². The Morgan fingerprint density at radius 1 is 0.808 bits per heavy atom. The molecule has 0 saturated carbocycles. The van der Waals surface area contributed by atoms with Gasteiger partial charge < -0.3 is 4.42 Å². The van der Waals surface area contributed by atoms with Gasteiger partial charge in [0, 0.05) is 5.56 Å². The van der Waals surface area contributed by atoms with Crippen molar-refractivity contribution in [2.75, 3.05) is 5.43 Å². The average molecular weight is 341 g/mol. The quantitative estimate of drug-likeness (QED) is 0.234.